The first kappa shape index (κ1) is 8.11. The van der Waals surface area contributed by atoms with Crippen molar-refractivity contribution in [1.29, 1.82) is 0 Å². The summed E-state index contributed by atoms with van der Waals surface area (Å²) < 4.78 is 1.65. The van der Waals surface area contributed by atoms with E-state index in [1.807, 2.05) is 30.5 Å². The molecular formula is C11H8N4. The number of benzene rings is 1. The Labute approximate surface area is 86.2 Å². The highest BCUT2D eigenvalue weighted by Gasteiger charge is 1.99. The van der Waals surface area contributed by atoms with E-state index in [4.69, 9.17) is 0 Å². The van der Waals surface area contributed by atoms with E-state index in [9.17, 15) is 0 Å². The molecule has 2 heterocycles. The normalized spacial score (nSPS) is 10.7. The highest BCUT2D eigenvalue weighted by molar-refractivity contribution is 5.82. The van der Waals surface area contributed by atoms with Crippen molar-refractivity contribution in [2.24, 2.45) is 0 Å². The highest BCUT2D eigenvalue weighted by atomic mass is 15.3. The molecule has 0 saturated heterocycles. The maximum absolute atomic E-state index is 4.31. The van der Waals surface area contributed by atoms with E-state index in [1.165, 1.54) is 6.33 Å². The van der Waals surface area contributed by atoms with Gasteiger partial charge in [-0.05, 0) is 11.5 Å². The second-order valence-corrected chi connectivity index (χ2v) is 3.23. The van der Waals surface area contributed by atoms with E-state index < -0.39 is 0 Å². The minimum absolute atomic E-state index is 0.784. The number of hydrogen-bond donors (Lipinski definition) is 0. The van der Waals surface area contributed by atoms with Crippen molar-refractivity contribution in [3.8, 4) is 5.82 Å². The van der Waals surface area contributed by atoms with Gasteiger partial charge in [0.15, 0.2) is 5.82 Å². The van der Waals surface area contributed by atoms with Crippen molar-refractivity contribution in [2.75, 3.05) is 0 Å². The molecule has 4 heteroatoms. The van der Waals surface area contributed by atoms with Gasteiger partial charge >= 0.3 is 0 Å². The maximum Gasteiger partial charge on any atom is 0.155 e. The third-order valence-electron chi connectivity index (χ3n) is 2.27. The van der Waals surface area contributed by atoms with Crippen LogP contribution in [0.15, 0.2) is 49.2 Å². The molecule has 0 amide bonds. The van der Waals surface area contributed by atoms with Crippen LogP contribution in [0.4, 0.5) is 0 Å². The molecule has 0 aliphatic carbocycles. The molecule has 15 heavy (non-hydrogen) atoms. The first-order chi connectivity index (χ1) is 7.43. The van der Waals surface area contributed by atoms with Gasteiger partial charge in [0.2, 0.25) is 0 Å². The molecule has 0 atom stereocenters. The molecule has 0 bridgehead atoms. The molecule has 0 N–H and O–H groups in total. The van der Waals surface area contributed by atoms with Crippen molar-refractivity contribution in [3.63, 3.8) is 0 Å². The Balaban J connectivity index is 2.22. The highest BCUT2D eigenvalue weighted by Crippen LogP contribution is 2.14. The Bertz CT molecular complexity index is 586. The Morgan fingerprint density at radius 2 is 1.93 bits per heavy atom. The van der Waals surface area contributed by atoms with Crippen LogP contribution in [0.5, 0.6) is 0 Å². The monoisotopic (exact) mass is 196 g/mol. The molecule has 2 aromatic heterocycles. The summed E-state index contributed by atoms with van der Waals surface area (Å²) in [5, 5.41) is 6.31. The van der Waals surface area contributed by atoms with E-state index in [1.54, 1.807) is 11.0 Å². The maximum atomic E-state index is 4.31. The summed E-state index contributed by atoms with van der Waals surface area (Å²) in [4.78, 5) is 8.20. The number of fused-ring (bicyclic) bond motifs is 1. The molecule has 3 aromatic rings. The molecule has 0 unspecified atom stereocenters. The molecule has 1 aromatic carbocycles. The SMILES string of the molecule is c1ccc2cc(-n3cncn3)ncc2c1. The molecule has 4 nitrogen and oxygen atoms in total. The van der Waals surface area contributed by atoms with Crippen LogP contribution < -0.4 is 0 Å². The van der Waals surface area contributed by atoms with Gasteiger partial charge in [0.05, 0.1) is 0 Å². The van der Waals surface area contributed by atoms with Gasteiger partial charge in [-0.25, -0.2) is 14.6 Å². The first-order valence-electron chi connectivity index (χ1n) is 4.63. The molecule has 0 radical (unpaired) electrons. The smallest absolute Gasteiger partial charge is 0.155 e. The fraction of sp³-hybridized carbons (Fsp3) is 0. The Morgan fingerprint density at radius 3 is 2.73 bits per heavy atom. The standard InChI is InChI=1S/C11H8N4/c1-2-4-10-6-13-11(5-9(10)3-1)15-8-12-7-14-15/h1-8H. The number of pyridine rings is 1. The second kappa shape index (κ2) is 3.16. The van der Waals surface area contributed by atoms with Crippen LogP contribution in [0.2, 0.25) is 0 Å². The summed E-state index contributed by atoms with van der Waals surface area (Å²) in [6.07, 6.45) is 4.97. The van der Waals surface area contributed by atoms with Crippen LogP contribution in [0, 0.1) is 0 Å². The third-order valence-corrected chi connectivity index (χ3v) is 2.27. The zero-order valence-corrected chi connectivity index (χ0v) is 7.91. The van der Waals surface area contributed by atoms with E-state index in [2.05, 4.69) is 21.1 Å². The summed E-state index contributed by atoms with van der Waals surface area (Å²) in [7, 11) is 0. The fourth-order valence-electron chi connectivity index (χ4n) is 1.52. The average molecular weight is 196 g/mol. The minimum Gasteiger partial charge on any atom is -0.236 e. The number of hydrogen-bond acceptors (Lipinski definition) is 3. The molecule has 72 valence electrons. The number of rotatable bonds is 1. The molecule has 0 aliphatic rings. The lowest BCUT2D eigenvalue weighted by molar-refractivity contribution is 0.848. The van der Waals surface area contributed by atoms with Crippen molar-refractivity contribution in [1.82, 2.24) is 19.7 Å². The topological polar surface area (TPSA) is 43.6 Å². The predicted molar refractivity (Wildman–Crippen MR) is 56.7 cm³/mol. The third kappa shape index (κ3) is 1.36. The molecule has 0 saturated carbocycles. The van der Waals surface area contributed by atoms with Crippen molar-refractivity contribution < 1.29 is 0 Å². The lowest BCUT2D eigenvalue weighted by atomic mass is 10.2. The van der Waals surface area contributed by atoms with Crippen LogP contribution >= 0.6 is 0 Å². The Morgan fingerprint density at radius 1 is 1.07 bits per heavy atom. The zero-order valence-electron chi connectivity index (χ0n) is 7.91. The molecule has 0 fully saturated rings. The number of nitrogens with zero attached hydrogens (tertiary/aromatic N) is 4. The minimum atomic E-state index is 0.784. The van der Waals surface area contributed by atoms with E-state index in [-0.39, 0.29) is 0 Å². The van der Waals surface area contributed by atoms with Crippen LogP contribution in [0.1, 0.15) is 0 Å². The van der Waals surface area contributed by atoms with Crippen molar-refractivity contribution in [3.05, 3.63) is 49.2 Å². The zero-order chi connectivity index (χ0) is 10.1. The Kier molecular flexibility index (Phi) is 1.71. The summed E-state index contributed by atoms with van der Waals surface area (Å²) in [6.45, 7) is 0. The molecule has 3 rings (SSSR count). The van der Waals surface area contributed by atoms with Crippen LogP contribution in [0.25, 0.3) is 16.6 Å². The second-order valence-electron chi connectivity index (χ2n) is 3.23. The summed E-state index contributed by atoms with van der Waals surface area (Å²) in [6, 6.07) is 10.1. The predicted octanol–water partition coefficient (Wildman–Crippen LogP) is 1.82. The summed E-state index contributed by atoms with van der Waals surface area (Å²) >= 11 is 0. The first-order valence-corrected chi connectivity index (χ1v) is 4.63. The van der Waals surface area contributed by atoms with Gasteiger partial charge in [-0.15, -0.1) is 0 Å². The van der Waals surface area contributed by atoms with E-state index in [0.717, 1.165) is 16.6 Å². The van der Waals surface area contributed by atoms with Gasteiger partial charge in [-0.1, -0.05) is 24.3 Å². The molecular weight excluding hydrogens is 188 g/mol. The van der Waals surface area contributed by atoms with Crippen molar-refractivity contribution in [2.45, 2.75) is 0 Å². The summed E-state index contributed by atoms with van der Waals surface area (Å²) in [5.41, 5.74) is 0. The van der Waals surface area contributed by atoms with Gasteiger partial charge in [-0.3, -0.25) is 0 Å². The molecule has 0 spiro atoms. The summed E-state index contributed by atoms with van der Waals surface area (Å²) in [5.74, 6) is 0.784. The lowest BCUT2D eigenvalue weighted by Crippen LogP contribution is -1.97. The van der Waals surface area contributed by atoms with Crippen LogP contribution in [-0.2, 0) is 0 Å². The Hall–Kier alpha value is -2.23. The van der Waals surface area contributed by atoms with Gasteiger partial charge in [-0.2, -0.15) is 5.10 Å². The quantitative estimate of drug-likeness (QED) is 0.596. The van der Waals surface area contributed by atoms with Crippen LogP contribution in [0.3, 0.4) is 0 Å². The fourth-order valence-corrected chi connectivity index (χ4v) is 1.52. The van der Waals surface area contributed by atoms with E-state index >= 15 is 0 Å². The van der Waals surface area contributed by atoms with Gasteiger partial charge < -0.3 is 0 Å². The largest absolute Gasteiger partial charge is 0.236 e. The van der Waals surface area contributed by atoms with Crippen molar-refractivity contribution >= 4 is 10.8 Å². The lowest BCUT2D eigenvalue weighted by Gasteiger charge is -2.01. The van der Waals surface area contributed by atoms with Crippen LogP contribution in [-0.4, -0.2) is 19.7 Å². The van der Waals surface area contributed by atoms with Gasteiger partial charge in [0, 0.05) is 11.6 Å². The average Bonchev–Trinajstić information content (AvgIpc) is 2.82. The van der Waals surface area contributed by atoms with E-state index in [0.29, 0.717) is 0 Å². The molecule has 0 aliphatic heterocycles. The van der Waals surface area contributed by atoms with Gasteiger partial charge in [0.25, 0.3) is 0 Å². The van der Waals surface area contributed by atoms with Gasteiger partial charge in [0.1, 0.15) is 12.7 Å². The number of aromatic nitrogens is 4.